The first-order chi connectivity index (χ1) is 13.9. The van der Waals surface area contributed by atoms with Gasteiger partial charge in [0.15, 0.2) is 10.9 Å². The van der Waals surface area contributed by atoms with Crippen LogP contribution in [0.1, 0.15) is 30.1 Å². The van der Waals surface area contributed by atoms with E-state index in [0.717, 1.165) is 29.5 Å². The number of carbonyl (C=O) groups is 2. The molecule has 150 valence electrons. The van der Waals surface area contributed by atoms with Crippen molar-refractivity contribution in [3.05, 3.63) is 65.0 Å². The summed E-state index contributed by atoms with van der Waals surface area (Å²) >= 11 is 1.14. The first-order valence-electron chi connectivity index (χ1n) is 8.87. The molecular formula is C21H18F2N2O3S. The Morgan fingerprint density at radius 2 is 1.90 bits per heavy atom. The zero-order valence-electron chi connectivity index (χ0n) is 15.6. The third-order valence-electron chi connectivity index (χ3n) is 4.03. The summed E-state index contributed by atoms with van der Waals surface area (Å²) in [4.78, 5) is 27.4. The fourth-order valence-electron chi connectivity index (χ4n) is 2.54. The summed E-state index contributed by atoms with van der Waals surface area (Å²) in [5.74, 6) is -0.782. The molecule has 3 rings (SSSR count). The van der Waals surface area contributed by atoms with Gasteiger partial charge in [-0.3, -0.25) is 9.59 Å². The summed E-state index contributed by atoms with van der Waals surface area (Å²) in [5.41, 5.74) is 0.920. The average molecular weight is 416 g/mol. The molecule has 1 amide bonds. The number of rotatable bonds is 8. The second kappa shape index (κ2) is 9.38. The van der Waals surface area contributed by atoms with Gasteiger partial charge in [-0.2, -0.15) is 0 Å². The van der Waals surface area contributed by atoms with E-state index in [9.17, 15) is 18.4 Å². The third-order valence-corrected chi connectivity index (χ3v) is 4.79. The number of thiazole rings is 1. The van der Waals surface area contributed by atoms with Gasteiger partial charge >= 0.3 is 0 Å². The van der Waals surface area contributed by atoms with Crippen LogP contribution >= 0.6 is 11.3 Å². The number of ketones is 1. The molecule has 2 aromatic carbocycles. The van der Waals surface area contributed by atoms with Gasteiger partial charge in [0.25, 0.3) is 0 Å². The molecule has 0 spiro atoms. The minimum absolute atomic E-state index is 0.0151. The van der Waals surface area contributed by atoms with Crippen LogP contribution < -0.4 is 10.1 Å². The molecule has 1 heterocycles. The van der Waals surface area contributed by atoms with Crippen molar-refractivity contribution >= 4 is 28.2 Å². The molecule has 0 atom stereocenters. The lowest BCUT2D eigenvalue weighted by molar-refractivity contribution is -0.116. The molecule has 29 heavy (non-hydrogen) atoms. The van der Waals surface area contributed by atoms with Crippen molar-refractivity contribution in [3.8, 4) is 17.0 Å². The van der Waals surface area contributed by atoms with Crippen molar-refractivity contribution in [1.29, 1.82) is 0 Å². The summed E-state index contributed by atoms with van der Waals surface area (Å²) in [6, 6.07) is 9.93. The topological polar surface area (TPSA) is 68.3 Å². The Kier molecular flexibility index (Phi) is 6.66. The van der Waals surface area contributed by atoms with Gasteiger partial charge in [-0.25, -0.2) is 13.8 Å². The second-order valence-electron chi connectivity index (χ2n) is 6.24. The molecular weight excluding hydrogens is 398 g/mol. The van der Waals surface area contributed by atoms with E-state index in [1.54, 1.807) is 29.6 Å². The maximum absolute atomic E-state index is 13.8. The Hall–Kier alpha value is -3.13. The summed E-state index contributed by atoms with van der Waals surface area (Å²) in [7, 11) is 0. The number of anilines is 1. The minimum Gasteiger partial charge on any atom is -0.494 e. The summed E-state index contributed by atoms with van der Waals surface area (Å²) in [6.07, 6.45) is 0.700. The molecule has 0 saturated carbocycles. The Morgan fingerprint density at radius 1 is 1.14 bits per heavy atom. The van der Waals surface area contributed by atoms with Gasteiger partial charge in [0.1, 0.15) is 17.4 Å². The van der Waals surface area contributed by atoms with Gasteiger partial charge in [-0.1, -0.05) is 0 Å². The number of nitrogens with one attached hydrogen (secondary N) is 1. The number of halogens is 2. The third kappa shape index (κ3) is 5.68. The quantitative estimate of drug-likeness (QED) is 0.410. The number of benzene rings is 2. The summed E-state index contributed by atoms with van der Waals surface area (Å²) < 4.78 is 32.7. The average Bonchev–Trinajstić information content (AvgIpc) is 3.15. The molecule has 0 aliphatic heterocycles. The lowest BCUT2D eigenvalue weighted by Gasteiger charge is -2.06. The minimum atomic E-state index is -0.580. The van der Waals surface area contributed by atoms with Crippen LogP contribution in [0.3, 0.4) is 0 Å². The zero-order chi connectivity index (χ0) is 20.8. The maximum atomic E-state index is 13.8. The largest absolute Gasteiger partial charge is 0.494 e. The molecule has 0 unspecified atom stereocenters. The first kappa shape index (κ1) is 20.6. The molecule has 5 nitrogen and oxygen atoms in total. The number of carbonyl (C=O) groups excluding carboxylic acids is 2. The van der Waals surface area contributed by atoms with E-state index in [1.165, 1.54) is 6.92 Å². The van der Waals surface area contributed by atoms with Crippen LogP contribution in [0.5, 0.6) is 5.75 Å². The lowest BCUT2D eigenvalue weighted by Crippen LogP contribution is -2.12. The van der Waals surface area contributed by atoms with Gasteiger partial charge in [-0.15, -0.1) is 11.3 Å². The van der Waals surface area contributed by atoms with E-state index >= 15 is 0 Å². The fraction of sp³-hybridized carbons (Fsp3) is 0.190. The van der Waals surface area contributed by atoms with Crippen molar-refractivity contribution < 1.29 is 23.1 Å². The Morgan fingerprint density at radius 3 is 2.62 bits per heavy atom. The number of ether oxygens (including phenoxy) is 1. The van der Waals surface area contributed by atoms with Crippen molar-refractivity contribution in [2.75, 3.05) is 11.9 Å². The molecule has 0 fully saturated rings. The molecule has 0 aliphatic rings. The zero-order valence-corrected chi connectivity index (χ0v) is 16.4. The Bertz CT molecular complexity index is 1020. The van der Waals surface area contributed by atoms with Crippen molar-refractivity contribution in [2.45, 2.75) is 19.8 Å². The number of aromatic nitrogens is 1. The van der Waals surface area contributed by atoms with Crippen LogP contribution in [-0.2, 0) is 4.79 Å². The van der Waals surface area contributed by atoms with Crippen molar-refractivity contribution in [3.63, 3.8) is 0 Å². The van der Waals surface area contributed by atoms with E-state index in [2.05, 4.69) is 10.3 Å². The molecule has 1 N–H and O–H groups in total. The molecule has 1 aromatic heterocycles. The highest BCUT2D eigenvalue weighted by molar-refractivity contribution is 7.14. The van der Waals surface area contributed by atoms with E-state index in [0.29, 0.717) is 29.5 Å². The standard InChI is InChI=1S/C21H18F2N2O3S/c1-13(26)14-4-7-16(8-5-14)28-10-2-3-20(27)25-21-24-19(12-29-21)17-11-15(22)6-9-18(17)23/h4-9,11-12H,2-3,10H2,1H3,(H,24,25,27). The van der Waals surface area contributed by atoms with Crippen LogP contribution in [0.25, 0.3) is 11.3 Å². The molecule has 3 aromatic rings. The normalized spacial score (nSPS) is 10.6. The summed E-state index contributed by atoms with van der Waals surface area (Å²) in [5, 5.41) is 4.52. The first-order valence-corrected chi connectivity index (χ1v) is 9.75. The van der Waals surface area contributed by atoms with Crippen LogP contribution in [0, 0.1) is 11.6 Å². The van der Waals surface area contributed by atoms with E-state index in [-0.39, 0.29) is 29.4 Å². The SMILES string of the molecule is CC(=O)c1ccc(OCCCC(=O)Nc2nc(-c3cc(F)ccc3F)cs2)cc1. The molecule has 0 radical (unpaired) electrons. The summed E-state index contributed by atoms with van der Waals surface area (Å²) in [6.45, 7) is 1.83. The van der Waals surface area contributed by atoms with Crippen LogP contribution in [0.4, 0.5) is 13.9 Å². The fourth-order valence-corrected chi connectivity index (χ4v) is 3.27. The number of nitrogens with zero attached hydrogens (tertiary/aromatic N) is 1. The van der Waals surface area contributed by atoms with Gasteiger partial charge in [0.05, 0.1) is 12.3 Å². The predicted molar refractivity (Wildman–Crippen MR) is 107 cm³/mol. The monoisotopic (exact) mass is 416 g/mol. The van der Waals surface area contributed by atoms with Crippen LogP contribution in [0.15, 0.2) is 47.8 Å². The van der Waals surface area contributed by atoms with Gasteiger partial charge in [0, 0.05) is 22.9 Å². The van der Waals surface area contributed by atoms with Crippen LogP contribution in [0.2, 0.25) is 0 Å². The van der Waals surface area contributed by atoms with E-state index < -0.39 is 11.6 Å². The van der Waals surface area contributed by atoms with Gasteiger partial charge in [-0.05, 0) is 55.8 Å². The maximum Gasteiger partial charge on any atom is 0.226 e. The van der Waals surface area contributed by atoms with Gasteiger partial charge < -0.3 is 10.1 Å². The number of hydrogen-bond acceptors (Lipinski definition) is 5. The van der Waals surface area contributed by atoms with E-state index in [4.69, 9.17) is 4.74 Å². The van der Waals surface area contributed by atoms with Crippen LogP contribution in [-0.4, -0.2) is 23.3 Å². The molecule has 0 saturated heterocycles. The number of amides is 1. The van der Waals surface area contributed by atoms with E-state index in [1.807, 2.05) is 0 Å². The highest BCUT2D eigenvalue weighted by atomic mass is 32.1. The Labute approximate surface area is 170 Å². The highest BCUT2D eigenvalue weighted by Gasteiger charge is 2.12. The second-order valence-corrected chi connectivity index (χ2v) is 7.10. The molecule has 0 bridgehead atoms. The van der Waals surface area contributed by atoms with Gasteiger partial charge in [0.2, 0.25) is 5.91 Å². The lowest BCUT2D eigenvalue weighted by atomic mass is 10.1. The molecule has 0 aliphatic carbocycles. The highest BCUT2D eigenvalue weighted by Crippen LogP contribution is 2.27. The smallest absolute Gasteiger partial charge is 0.226 e. The Balaban J connectivity index is 1.46. The molecule has 8 heteroatoms. The number of Topliss-reactive ketones (excluding diaryl/α,β-unsaturated/α-hetero) is 1. The number of hydrogen-bond donors (Lipinski definition) is 1. The van der Waals surface area contributed by atoms with Crippen molar-refractivity contribution in [1.82, 2.24) is 4.98 Å². The van der Waals surface area contributed by atoms with Crippen molar-refractivity contribution in [2.24, 2.45) is 0 Å². The predicted octanol–water partition coefficient (Wildman–Crippen LogP) is 5.09.